The Kier molecular flexibility index (Phi) is 3.67. The summed E-state index contributed by atoms with van der Waals surface area (Å²) in [5.74, 6) is 0.962. The van der Waals surface area contributed by atoms with E-state index in [1.807, 2.05) is 6.33 Å². The molecule has 2 aromatic heterocycles. The van der Waals surface area contributed by atoms with Gasteiger partial charge in [-0.2, -0.15) is 0 Å². The first-order chi connectivity index (χ1) is 10.8. The van der Waals surface area contributed by atoms with Crippen molar-refractivity contribution in [3.8, 4) is 0 Å². The zero-order valence-corrected chi connectivity index (χ0v) is 13.0. The average Bonchev–Trinajstić information content (AvgIpc) is 3.19. The Hall–Kier alpha value is -1.73. The van der Waals surface area contributed by atoms with E-state index in [1.54, 1.807) is 6.33 Å². The molecule has 0 aliphatic carbocycles. The number of piperazine rings is 1. The second kappa shape index (κ2) is 5.81. The van der Waals surface area contributed by atoms with Gasteiger partial charge in [0.1, 0.15) is 6.33 Å². The highest BCUT2D eigenvalue weighted by Crippen LogP contribution is 2.23. The number of likely N-dealkylation sites (N-methyl/N-ethyl adjacent to an activating group) is 1. The Morgan fingerprint density at radius 2 is 2.05 bits per heavy atom. The summed E-state index contributed by atoms with van der Waals surface area (Å²) in [4.78, 5) is 18.2. The summed E-state index contributed by atoms with van der Waals surface area (Å²) in [7, 11) is 2.16. The van der Waals surface area contributed by atoms with Gasteiger partial charge in [0.15, 0.2) is 17.0 Å². The van der Waals surface area contributed by atoms with Crippen LogP contribution in [0.25, 0.3) is 11.2 Å². The minimum absolute atomic E-state index is 0.291. The third-order valence-corrected chi connectivity index (χ3v) is 4.61. The van der Waals surface area contributed by atoms with Crippen molar-refractivity contribution >= 4 is 17.0 Å². The molecule has 0 aromatic carbocycles. The van der Waals surface area contributed by atoms with Crippen LogP contribution in [0.15, 0.2) is 12.7 Å². The Morgan fingerprint density at radius 3 is 2.82 bits per heavy atom. The molecule has 0 spiro atoms. The van der Waals surface area contributed by atoms with Gasteiger partial charge in [-0.1, -0.05) is 0 Å². The fourth-order valence-electron chi connectivity index (χ4n) is 3.26. The van der Waals surface area contributed by atoms with E-state index >= 15 is 0 Å². The van der Waals surface area contributed by atoms with Crippen molar-refractivity contribution in [1.82, 2.24) is 24.4 Å². The van der Waals surface area contributed by atoms with Gasteiger partial charge in [-0.15, -0.1) is 0 Å². The van der Waals surface area contributed by atoms with Crippen molar-refractivity contribution in [1.29, 1.82) is 0 Å². The fraction of sp³-hybridized carbons (Fsp3) is 0.667. The second-order valence-electron chi connectivity index (χ2n) is 6.19. The maximum absolute atomic E-state index is 5.73. The number of hydrogen-bond acceptors (Lipinski definition) is 6. The van der Waals surface area contributed by atoms with Crippen LogP contribution in [0.5, 0.6) is 0 Å². The van der Waals surface area contributed by atoms with Gasteiger partial charge in [0.2, 0.25) is 0 Å². The lowest BCUT2D eigenvalue weighted by atomic mass is 10.2. The summed E-state index contributed by atoms with van der Waals surface area (Å²) in [6.07, 6.45) is 6.10. The zero-order chi connectivity index (χ0) is 14.9. The standard InChI is InChI=1S/C15H22N6O/c1-19-4-6-20(7-5-19)14-13-15(17-10-16-14)21(11-18-13)9-12-3-2-8-22-12/h10-12H,2-9H2,1H3. The lowest BCUT2D eigenvalue weighted by Crippen LogP contribution is -2.44. The lowest BCUT2D eigenvalue weighted by Gasteiger charge is -2.33. The molecule has 2 aliphatic heterocycles. The zero-order valence-electron chi connectivity index (χ0n) is 13.0. The van der Waals surface area contributed by atoms with Gasteiger partial charge < -0.3 is 19.1 Å². The molecule has 118 valence electrons. The van der Waals surface area contributed by atoms with E-state index in [0.717, 1.165) is 69.2 Å². The smallest absolute Gasteiger partial charge is 0.165 e. The number of aromatic nitrogens is 4. The van der Waals surface area contributed by atoms with Crippen molar-refractivity contribution in [3.05, 3.63) is 12.7 Å². The summed E-state index contributed by atoms with van der Waals surface area (Å²) >= 11 is 0. The molecule has 7 heteroatoms. The van der Waals surface area contributed by atoms with E-state index in [4.69, 9.17) is 4.74 Å². The van der Waals surface area contributed by atoms with Crippen LogP contribution >= 0.6 is 0 Å². The van der Waals surface area contributed by atoms with Crippen LogP contribution in [0.4, 0.5) is 5.82 Å². The van der Waals surface area contributed by atoms with Crippen LogP contribution < -0.4 is 4.90 Å². The summed E-state index contributed by atoms with van der Waals surface area (Å²) in [6, 6.07) is 0. The monoisotopic (exact) mass is 302 g/mol. The molecule has 0 saturated carbocycles. The number of rotatable bonds is 3. The predicted molar refractivity (Wildman–Crippen MR) is 84.0 cm³/mol. The van der Waals surface area contributed by atoms with E-state index in [9.17, 15) is 0 Å². The normalized spacial score (nSPS) is 23.5. The summed E-state index contributed by atoms with van der Waals surface area (Å²) < 4.78 is 7.83. The van der Waals surface area contributed by atoms with Crippen molar-refractivity contribution < 1.29 is 4.74 Å². The molecule has 0 N–H and O–H groups in total. The first-order valence-corrected chi connectivity index (χ1v) is 8.02. The number of hydrogen-bond donors (Lipinski definition) is 0. The molecule has 1 unspecified atom stereocenters. The summed E-state index contributed by atoms with van der Waals surface area (Å²) in [5.41, 5.74) is 1.82. The van der Waals surface area contributed by atoms with E-state index < -0.39 is 0 Å². The molecule has 2 fully saturated rings. The average molecular weight is 302 g/mol. The molecule has 4 heterocycles. The molecule has 4 rings (SSSR count). The number of anilines is 1. The number of nitrogens with zero attached hydrogens (tertiary/aromatic N) is 6. The summed E-state index contributed by atoms with van der Waals surface area (Å²) in [5, 5.41) is 0. The molecular formula is C15H22N6O. The van der Waals surface area contributed by atoms with E-state index in [1.165, 1.54) is 0 Å². The summed E-state index contributed by atoms with van der Waals surface area (Å²) in [6.45, 7) is 5.79. The van der Waals surface area contributed by atoms with Gasteiger partial charge in [-0.25, -0.2) is 15.0 Å². The first-order valence-electron chi connectivity index (χ1n) is 8.02. The third-order valence-electron chi connectivity index (χ3n) is 4.61. The minimum Gasteiger partial charge on any atom is -0.376 e. The van der Waals surface area contributed by atoms with Gasteiger partial charge in [0, 0.05) is 32.8 Å². The van der Waals surface area contributed by atoms with Gasteiger partial charge >= 0.3 is 0 Å². The molecule has 0 amide bonds. The maximum Gasteiger partial charge on any atom is 0.165 e. The Balaban J connectivity index is 1.61. The van der Waals surface area contributed by atoms with Gasteiger partial charge in [-0.3, -0.25) is 0 Å². The van der Waals surface area contributed by atoms with Crippen LogP contribution in [0.1, 0.15) is 12.8 Å². The molecule has 2 aliphatic rings. The minimum atomic E-state index is 0.291. The van der Waals surface area contributed by atoms with Crippen LogP contribution in [0, 0.1) is 0 Å². The van der Waals surface area contributed by atoms with Gasteiger partial charge in [0.05, 0.1) is 19.0 Å². The number of imidazole rings is 1. The van der Waals surface area contributed by atoms with Crippen molar-refractivity contribution in [2.75, 3.05) is 44.7 Å². The third kappa shape index (κ3) is 2.55. The quantitative estimate of drug-likeness (QED) is 0.834. The highest BCUT2D eigenvalue weighted by molar-refractivity contribution is 5.83. The highest BCUT2D eigenvalue weighted by Gasteiger charge is 2.22. The van der Waals surface area contributed by atoms with E-state index in [-0.39, 0.29) is 0 Å². The largest absolute Gasteiger partial charge is 0.376 e. The van der Waals surface area contributed by atoms with Crippen LogP contribution in [0.2, 0.25) is 0 Å². The molecule has 0 radical (unpaired) electrons. The van der Waals surface area contributed by atoms with Crippen molar-refractivity contribution in [3.63, 3.8) is 0 Å². The predicted octanol–water partition coefficient (Wildman–Crippen LogP) is 0.757. The molecule has 7 nitrogen and oxygen atoms in total. The molecular weight excluding hydrogens is 280 g/mol. The maximum atomic E-state index is 5.73. The Morgan fingerprint density at radius 1 is 1.18 bits per heavy atom. The lowest BCUT2D eigenvalue weighted by molar-refractivity contribution is 0.0978. The number of ether oxygens (including phenoxy) is 1. The Labute approximate surface area is 129 Å². The first kappa shape index (κ1) is 13.9. The van der Waals surface area contributed by atoms with Crippen LogP contribution in [0.3, 0.4) is 0 Å². The topological polar surface area (TPSA) is 59.3 Å². The van der Waals surface area contributed by atoms with Crippen LogP contribution in [-0.2, 0) is 11.3 Å². The molecule has 0 bridgehead atoms. The van der Waals surface area contributed by atoms with Crippen molar-refractivity contribution in [2.24, 2.45) is 0 Å². The molecule has 2 aromatic rings. The second-order valence-corrected chi connectivity index (χ2v) is 6.19. The van der Waals surface area contributed by atoms with Crippen molar-refractivity contribution in [2.45, 2.75) is 25.5 Å². The number of fused-ring (bicyclic) bond motifs is 1. The SMILES string of the molecule is CN1CCN(c2ncnc3c2ncn3CC2CCCO2)CC1. The van der Waals surface area contributed by atoms with E-state index in [2.05, 4.69) is 36.4 Å². The molecule has 1 atom stereocenters. The molecule has 2 saturated heterocycles. The fourth-order valence-corrected chi connectivity index (χ4v) is 3.26. The van der Waals surface area contributed by atoms with Gasteiger partial charge in [-0.05, 0) is 19.9 Å². The van der Waals surface area contributed by atoms with Gasteiger partial charge in [0.25, 0.3) is 0 Å². The highest BCUT2D eigenvalue weighted by atomic mass is 16.5. The van der Waals surface area contributed by atoms with E-state index in [0.29, 0.717) is 6.10 Å². The van der Waals surface area contributed by atoms with Crippen LogP contribution in [-0.4, -0.2) is 70.4 Å². The Bertz CT molecular complexity index is 643. The molecule has 22 heavy (non-hydrogen) atoms.